The van der Waals surface area contributed by atoms with Crippen LogP contribution in [-0.4, -0.2) is 26.0 Å². The molecule has 0 aromatic heterocycles. The number of rotatable bonds is 6. The Kier molecular flexibility index (Phi) is 5.58. The van der Waals surface area contributed by atoms with Gasteiger partial charge in [0.15, 0.2) is 0 Å². The predicted octanol–water partition coefficient (Wildman–Crippen LogP) is 5.12. The molecule has 0 aliphatic heterocycles. The molecule has 0 heterocycles. The summed E-state index contributed by atoms with van der Waals surface area (Å²) < 4.78 is 71.4. The van der Waals surface area contributed by atoms with Crippen molar-refractivity contribution in [3.05, 3.63) is 59.7 Å². The van der Waals surface area contributed by atoms with Crippen LogP contribution in [-0.2, 0) is 11.0 Å². The molecule has 1 fully saturated rings. The van der Waals surface area contributed by atoms with E-state index < -0.39 is 42.2 Å². The Balaban J connectivity index is 1.91. The molecule has 2 unspecified atom stereocenters. The second kappa shape index (κ2) is 7.77. The van der Waals surface area contributed by atoms with Gasteiger partial charge in [-0.05, 0) is 36.1 Å². The van der Waals surface area contributed by atoms with Crippen molar-refractivity contribution in [2.75, 3.05) is 18.6 Å². The molecule has 0 spiro atoms. The number of methoxy groups -OCH3 is 1. The largest absolute Gasteiger partial charge is 0.496 e. The third-order valence-corrected chi connectivity index (χ3v) is 4.73. The summed E-state index contributed by atoms with van der Waals surface area (Å²) in [6.07, 6.45) is -7.36. The van der Waals surface area contributed by atoms with E-state index in [1.165, 1.54) is 13.2 Å². The summed E-state index contributed by atoms with van der Waals surface area (Å²) >= 11 is 0. The van der Waals surface area contributed by atoms with Gasteiger partial charge in [0.1, 0.15) is 5.75 Å². The van der Waals surface area contributed by atoms with Crippen LogP contribution in [0.5, 0.6) is 5.75 Å². The lowest BCUT2D eigenvalue weighted by molar-refractivity contribution is -0.137. The Morgan fingerprint density at radius 1 is 1.14 bits per heavy atom. The molecule has 1 aliphatic rings. The molecule has 3 rings (SSSR count). The van der Waals surface area contributed by atoms with Gasteiger partial charge in [-0.25, -0.2) is 8.78 Å². The minimum atomic E-state index is -4.76. The van der Waals surface area contributed by atoms with Crippen molar-refractivity contribution in [1.82, 2.24) is 0 Å². The van der Waals surface area contributed by atoms with E-state index in [0.29, 0.717) is 17.1 Å². The highest BCUT2D eigenvalue weighted by Gasteiger charge is 2.48. The van der Waals surface area contributed by atoms with Gasteiger partial charge < -0.3 is 9.64 Å². The first kappa shape index (κ1) is 20.1. The smallest absolute Gasteiger partial charge is 0.418 e. The quantitative estimate of drug-likeness (QED) is 0.632. The maximum Gasteiger partial charge on any atom is 0.418 e. The molecule has 1 amide bonds. The Hall–Kier alpha value is -2.64. The molecule has 0 radical (unpaired) electrons. The van der Waals surface area contributed by atoms with Gasteiger partial charge >= 0.3 is 6.18 Å². The molecule has 0 bridgehead atoms. The van der Waals surface area contributed by atoms with Crippen LogP contribution < -0.4 is 9.64 Å². The molecule has 1 aliphatic carbocycles. The van der Waals surface area contributed by atoms with Crippen molar-refractivity contribution in [2.24, 2.45) is 5.92 Å². The van der Waals surface area contributed by atoms with Crippen molar-refractivity contribution in [3.63, 3.8) is 0 Å². The number of hydrogen-bond donors (Lipinski definition) is 0. The molecule has 2 atom stereocenters. The predicted molar refractivity (Wildman–Crippen MR) is 93.6 cm³/mol. The van der Waals surface area contributed by atoms with Crippen LogP contribution >= 0.6 is 0 Å². The summed E-state index contributed by atoms with van der Waals surface area (Å²) in [5.74, 6) is -1.13. The van der Waals surface area contributed by atoms with Gasteiger partial charge in [-0.2, -0.15) is 13.2 Å². The maximum atomic E-state index is 13.3. The SMILES string of the molecule is COc1ccccc1C1CC1C(=O)N(CC(F)F)c1ccccc1C(F)(F)F. The molecule has 28 heavy (non-hydrogen) atoms. The highest BCUT2D eigenvalue weighted by Crippen LogP contribution is 2.52. The highest BCUT2D eigenvalue weighted by molar-refractivity contribution is 5.98. The molecule has 150 valence electrons. The zero-order chi connectivity index (χ0) is 20.5. The van der Waals surface area contributed by atoms with Gasteiger partial charge in [0.05, 0.1) is 24.9 Å². The molecular formula is C20H18F5NO2. The number of carbonyl (C=O) groups excluding carboxylic acids is 1. The Bertz CT molecular complexity index is 852. The topological polar surface area (TPSA) is 29.5 Å². The van der Waals surface area contributed by atoms with Crippen molar-refractivity contribution >= 4 is 11.6 Å². The molecule has 0 saturated heterocycles. The van der Waals surface area contributed by atoms with Crippen molar-refractivity contribution in [2.45, 2.75) is 24.9 Å². The van der Waals surface area contributed by atoms with E-state index in [9.17, 15) is 26.7 Å². The van der Waals surface area contributed by atoms with Crippen LogP contribution in [0.4, 0.5) is 27.6 Å². The third kappa shape index (κ3) is 4.10. The van der Waals surface area contributed by atoms with Gasteiger partial charge in [-0.15, -0.1) is 0 Å². The average Bonchev–Trinajstić information content (AvgIpc) is 3.45. The molecule has 8 heteroatoms. The second-order valence-electron chi connectivity index (χ2n) is 6.55. The molecule has 3 nitrogen and oxygen atoms in total. The van der Waals surface area contributed by atoms with Crippen LogP contribution in [0, 0.1) is 5.92 Å². The number of anilines is 1. The molecule has 2 aromatic carbocycles. The van der Waals surface area contributed by atoms with Crippen LogP contribution in [0.1, 0.15) is 23.5 Å². The maximum absolute atomic E-state index is 13.3. The number of alkyl halides is 5. The molecule has 0 N–H and O–H groups in total. The first-order chi connectivity index (χ1) is 13.2. The van der Waals surface area contributed by atoms with Crippen LogP contribution in [0.3, 0.4) is 0 Å². The first-order valence-electron chi connectivity index (χ1n) is 8.62. The Labute approximate surface area is 158 Å². The monoisotopic (exact) mass is 399 g/mol. The lowest BCUT2D eigenvalue weighted by atomic mass is 10.1. The van der Waals surface area contributed by atoms with E-state index in [1.54, 1.807) is 24.3 Å². The summed E-state index contributed by atoms with van der Waals surface area (Å²) in [6.45, 7) is -1.10. The Morgan fingerprint density at radius 2 is 1.79 bits per heavy atom. The van der Waals surface area contributed by atoms with E-state index in [1.807, 2.05) is 0 Å². The minimum absolute atomic E-state index is 0.276. The molecule has 1 saturated carbocycles. The zero-order valence-electron chi connectivity index (χ0n) is 14.9. The fraction of sp³-hybridized carbons (Fsp3) is 0.350. The summed E-state index contributed by atoms with van der Waals surface area (Å²) in [5, 5.41) is 0. The lowest BCUT2D eigenvalue weighted by Gasteiger charge is -2.26. The number of halogens is 5. The van der Waals surface area contributed by atoms with E-state index in [0.717, 1.165) is 23.8 Å². The number of carbonyl (C=O) groups is 1. The number of para-hydroxylation sites is 2. The van der Waals surface area contributed by atoms with Gasteiger partial charge in [0, 0.05) is 5.92 Å². The number of nitrogens with zero attached hydrogens (tertiary/aromatic N) is 1. The average molecular weight is 399 g/mol. The fourth-order valence-electron chi connectivity index (χ4n) is 3.38. The van der Waals surface area contributed by atoms with Crippen molar-refractivity contribution in [1.29, 1.82) is 0 Å². The summed E-state index contributed by atoms with van der Waals surface area (Å²) in [6, 6.07) is 11.3. The first-order valence-corrected chi connectivity index (χ1v) is 8.62. The lowest BCUT2D eigenvalue weighted by Crippen LogP contribution is -2.38. The van der Waals surface area contributed by atoms with E-state index in [2.05, 4.69) is 0 Å². The molecular weight excluding hydrogens is 381 g/mol. The van der Waals surface area contributed by atoms with Gasteiger partial charge in [0.25, 0.3) is 6.43 Å². The Morgan fingerprint density at radius 3 is 2.43 bits per heavy atom. The zero-order valence-corrected chi connectivity index (χ0v) is 14.9. The van der Waals surface area contributed by atoms with Crippen LogP contribution in [0.2, 0.25) is 0 Å². The number of hydrogen-bond acceptors (Lipinski definition) is 2. The summed E-state index contributed by atoms with van der Waals surface area (Å²) in [5.41, 5.74) is -0.922. The third-order valence-electron chi connectivity index (χ3n) is 4.73. The van der Waals surface area contributed by atoms with Gasteiger partial charge in [0.2, 0.25) is 5.91 Å². The van der Waals surface area contributed by atoms with E-state index in [-0.39, 0.29) is 5.92 Å². The molecule has 2 aromatic rings. The fourth-order valence-corrected chi connectivity index (χ4v) is 3.38. The number of benzene rings is 2. The van der Waals surface area contributed by atoms with E-state index in [4.69, 9.17) is 4.74 Å². The van der Waals surface area contributed by atoms with E-state index >= 15 is 0 Å². The summed E-state index contributed by atoms with van der Waals surface area (Å²) in [4.78, 5) is 13.5. The number of amides is 1. The van der Waals surface area contributed by atoms with Crippen molar-refractivity contribution < 1.29 is 31.5 Å². The van der Waals surface area contributed by atoms with Gasteiger partial charge in [-0.3, -0.25) is 4.79 Å². The van der Waals surface area contributed by atoms with Gasteiger partial charge in [-0.1, -0.05) is 30.3 Å². The highest BCUT2D eigenvalue weighted by atomic mass is 19.4. The standard InChI is InChI=1S/C20H18F5NO2/c1-28-17-9-5-2-6-12(17)13-10-14(13)19(27)26(11-18(21)22)16-8-4-3-7-15(16)20(23,24)25/h2-9,13-14,18H,10-11H2,1H3. The van der Waals surface area contributed by atoms with Crippen LogP contribution in [0.25, 0.3) is 0 Å². The van der Waals surface area contributed by atoms with Crippen LogP contribution in [0.15, 0.2) is 48.5 Å². The normalized spacial score (nSPS) is 18.8. The second-order valence-corrected chi connectivity index (χ2v) is 6.55. The minimum Gasteiger partial charge on any atom is -0.496 e. The summed E-state index contributed by atoms with van der Waals surface area (Å²) in [7, 11) is 1.47. The number of ether oxygens (including phenoxy) is 1. The van der Waals surface area contributed by atoms with Crippen molar-refractivity contribution in [3.8, 4) is 5.75 Å².